The number of nitrogens with zero attached hydrogens (tertiary/aromatic N) is 2. The summed E-state index contributed by atoms with van der Waals surface area (Å²) in [6.45, 7) is 0. The Morgan fingerprint density at radius 1 is 1.30 bits per heavy atom. The molecular formula is C5H3Cl3N2. The topological polar surface area (TPSA) is 17.8 Å². The number of hydrogen-bond acceptors (Lipinski definition) is 1. The molecule has 0 aromatic carbocycles. The van der Waals surface area contributed by atoms with Gasteiger partial charge in [-0.1, -0.05) is 34.8 Å². The molecule has 0 bridgehead atoms. The molecule has 0 saturated carbocycles. The molecule has 0 amide bonds. The number of rotatable bonds is 1. The van der Waals surface area contributed by atoms with Crippen LogP contribution in [-0.4, -0.2) is 9.55 Å². The van der Waals surface area contributed by atoms with Gasteiger partial charge in [-0.25, -0.2) is 4.98 Å². The number of halogens is 3. The van der Waals surface area contributed by atoms with Crippen LogP contribution >= 0.6 is 34.8 Å². The fraction of sp³-hybridized carbons (Fsp3) is 0. The van der Waals surface area contributed by atoms with E-state index >= 15 is 0 Å². The minimum Gasteiger partial charge on any atom is -0.294 e. The van der Waals surface area contributed by atoms with Crippen molar-refractivity contribution < 1.29 is 0 Å². The molecular weight excluding hydrogens is 194 g/mol. The Bertz CT molecular complexity index is 235. The number of hydrogen-bond donors (Lipinski definition) is 0. The van der Waals surface area contributed by atoms with Crippen LogP contribution in [0.25, 0.3) is 5.16 Å². The van der Waals surface area contributed by atoms with E-state index in [1.54, 1.807) is 12.4 Å². The molecule has 54 valence electrons. The van der Waals surface area contributed by atoms with Crippen molar-refractivity contribution >= 4 is 40.0 Å². The van der Waals surface area contributed by atoms with Gasteiger partial charge in [0, 0.05) is 12.4 Å². The molecule has 0 N–H and O–H groups in total. The van der Waals surface area contributed by atoms with Gasteiger partial charge in [-0.2, -0.15) is 0 Å². The highest BCUT2D eigenvalue weighted by molar-refractivity contribution is 6.65. The smallest absolute Gasteiger partial charge is 0.144 e. The molecule has 0 saturated heterocycles. The molecule has 5 heteroatoms. The molecule has 0 aliphatic carbocycles. The highest BCUT2D eigenvalue weighted by Crippen LogP contribution is 2.21. The molecule has 0 aliphatic rings. The third-order valence-electron chi connectivity index (χ3n) is 0.887. The number of imidazole rings is 1. The predicted octanol–water partition coefficient (Wildman–Crippen LogP) is 2.68. The molecule has 0 fully saturated rings. The maximum Gasteiger partial charge on any atom is 0.144 e. The van der Waals surface area contributed by atoms with Gasteiger partial charge in [0.15, 0.2) is 0 Å². The monoisotopic (exact) mass is 196 g/mol. The van der Waals surface area contributed by atoms with E-state index in [1.807, 2.05) is 0 Å². The van der Waals surface area contributed by atoms with Crippen LogP contribution in [0, 0.1) is 0 Å². The summed E-state index contributed by atoms with van der Waals surface area (Å²) in [6, 6.07) is 0. The Morgan fingerprint density at radius 3 is 2.40 bits per heavy atom. The van der Waals surface area contributed by atoms with Gasteiger partial charge in [0.05, 0.1) is 6.33 Å². The zero-order valence-electron chi connectivity index (χ0n) is 4.76. The Hall–Kier alpha value is -0.180. The van der Waals surface area contributed by atoms with Gasteiger partial charge in [-0.3, -0.25) is 4.57 Å². The van der Waals surface area contributed by atoms with Gasteiger partial charge in [0.2, 0.25) is 0 Å². The van der Waals surface area contributed by atoms with E-state index in [4.69, 9.17) is 34.8 Å². The molecule has 0 spiro atoms. The Kier molecular flexibility index (Phi) is 2.60. The molecule has 10 heavy (non-hydrogen) atoms. The maximum atomic E-state index is 5.62. The Balaban J connectivity index is 2.99. The van der Waals surface area contributed by atoms with E-state index in [9.17, 15) is 0 Å². The third-order valence-corrected chi connectivity index (χ3v) is 1.82. The van der Waals surface area contributed by atoms with Gasteiger partial charge in [0.1, 0.15) is 9.65 Å². The van der Waals surface area contributed by atoms with E-state index in [-0.39, 0.29) is 9.65 Å². The lowest BCUT2D eigenvalue weighted by Gasteiger charge is -1.96. The lowest BCUT2D eigenvalue weighted by Crippen LogP contribution is -1.85. The summed E-state index contributed by atoms with van der Waals surface area (Å²) >= 11 is 16.4. The second-order valence-corrected chi connectivity index (χ2v) is 2.83. The van der Waals surface area contributed by atoms with Crippen LogP contribution in [0.1, 0.15) is 0 Å². The lowest BCUT2D eigenvalue weighted by atomic mass is 10.8. The van der Waals surface area contributed by atoms with Crippen molar-refractivity contribution in [3.63, 3.8) is 0 Å². The summed E-state index contributed by atoms with van der Waals surface area (Å²) < 4.78 is 1.54. The van der Waals surface area contributed by atoms with Gasteiger partial charge >= 0.3 is 0 Å². The van der Waals surface area contributed by atoms with E-state index in [0.29, 0.717) is 0 Å². The Morgan fingerprint density at radius 2 is 2.00 bits per heavy atom. The van der Waals surface area contributed by atoms with E-state index in [1.165, 1.54) is 10.9 Å². The minimum absolute atomic E-state index is 0.0275. The van der Waals surface area contributed by atoms with Crippen molar-refractivity contribution in [2.24, 2.45) is 0 Å². The summed E-state index contributed by atoms with van der Waals surface area (Å²) in [5.41, 5.74) is 0. The first-order chi connectivity index (χ1) is 4.72. The van der Waals surface area contributed by atoms with Crippen molar-refractivity contribution in [1.82, 2.24) is 9.55 Å². The largest absolute Gasteiger partial charge is 0.294 e. The van der Waals surface area contributed by atoms with E-state index in [0.717, 1.165) is 0 Å². The summed E-state index contributed by atoms with van der Waals surface area (Å²) in [5, 5.41) is 0.251. The van der Waals surface area contributed by atoms with Crippen LogP contribution in [0.4, 0.5) is 0 Å². The van der Waals surface area contributed by atoms with Gasteiger partial charge in [0.25, 0.3) is 0 Å². The minimum atomic E-state index is 0.0275. The predicted molar refractivity (Wildman–Crippen MR) is 43.0 cm³/mol. The third kappa shape index (κ3) is 1.66. The molecule has 1 heterocycles. The molecule has 0 radical (unpaired) electrons. The van der Waals surface area contributed by atoms with Crippen molar-refractivity contribution in [1.29, 1.82) is 0 Å². The Labute approximate surface area is 73.0 Å². The average Bonchev–Trinajstić information content (AvgIpc) is 2.36. The van der Waals surface area contributed by atoms with E-state index < -0.39 is 0 Å². The van der Waals surface area contributed by atoms with Gasteiger partial charge in [-0.15, -0.1) is 0 Å². The first-order valence-electron chi connectivity index (χ1n) is 2.41. The lowest BCUT2D eigenvalue weighted by molar-refractivity contribution is 1.12. The second-order valence-electron chi connectivity index (χ2n) is 1.52. The normalized spacial score (nSPS) is 9.50. The fourth-order valence-corrected chi connectivity index (χ4v) is 0.768. The van der Waals surface area contributed by atoms with Gasteiger partial charge in [-0.05, 0) is 0 Å². The average molecular weight is 197 g/mol. The summed E-state index contributed by atoms with van der Waals surface area (Å²) in [5.74, 6) is 0. The van der Waals surface area contributed by atoms with Crippen LogP contribution < -0.4 is 0 Å². The SMILES string of the molecule is ClC(Cl)=C(Cl)n1ccnc1. The van der Waals surface area contributed by atoms with Crippen molar-refractivity contribution in [3.8, 4) is 0 Å². The molecule has 0 atom stereocenters. The van der Waals surface area contributed by atoms with Crippen molar-refractivity contribution in [2.75, 3.05) is 0 Å². The standard InChI is InChI=1S/C5H3Cl3N2/c6-4(7)5(8)10-2-1-9-3-10/h1-3H. The quantitative estimate of drug-likeness (QED) is 0.677. The highest BCUT2D eigenvalue weighted by Gasteiger charge is 1.98. The van der Waals surface area contributed by atoms with Crippen LogP contribution in [0.5, 0.6) is 0 Å². The fourth-order valence-electron chi connectivity index (χ4n) is 0.473. The van der Waals surface area contributed by atoms with E-state index in [2.05, 4.69) is 4.98 Å². The maximum absolute atomic E-state index is 5.62. The molecule has 1 aromatic rings. The number of aromatic nitrogens is 2. The molecule has 1 rings (SSSR count). The zero-order valence-corrected chi connectivity index (χ0v) is 7.03. The van der Waals surface area contributed by atoms with Crippen LogP contribution in [0.3, 0.4) is 0 Å². The van der Waals surface area contributed by atoms with Crippen molar-refractivity contribution in [3.05, 3.63) is 23.2 Å². The summed E-state index contributed by atoms with van der Waals surface area (Å²) in [7, 11) is 0. The molecule has 2 nitrogen and oxygen atoms in total. The highest BCUT2D eigenvalue weighted by atomic mass is 35.5. The van der Waals surface area contributed by atoms with Crippen LogP contribution in [-0.2, 0) is 0 Å². The first-order valence-corrected chi connectivity index (χ1v) is 3.54. The molecule has 0 unspecified atom stereocenters. The van der Waals surface area contributed by atoms with Gasteiger partial charge < -0.3 is 0 Å². The van der Waals surface area contributed by atoms with Crippen LogP contribution in [0.15, 0.2) is 23.2 Å². The molecule has 0 aliphatic heterocycles. The summed E-state index contributed by atoms with van der Waals surface area (Å²) in [4.78, 5) is 3.75. The molecule has 1 aromatic heterocycles. The van der Waals surface area contributed by atoms with Crippen molar-refractivity contribution in [2.45, 2.75) is 0 Å². The summed E-state index contributed by atoms with van der Waals surface area (Å²) in [6.07, 6.45) is 4.74. The second kappa shape index (κ2) is 3.28. The zero-order chi connectivity index (χ0) is 7.56. The van der Waals surface area contributed by atoms with Crippen LogP contribution in [0.2, 0.25) is 0 Å². The first kappa shape index (κ1) is 7.92.